The third-order valence-corrected chi connectivity index (χ3v) is 7.14. The van der Waals surface area contributed by atoms with Gasteiger partial charge in [-0.3, -0.25) is 4.48 Å². The molecule has 0 spiro atoms. The lowest BCUT2D eigenvalue weighted by Crippen LogP contribution is -2.53. The third kappa shape index (κ3) is 12.7. The molecule has 30 heavy (non-hydrogen) atoms. The van der Waals surface area contributed by atoms with Gasteiger partial charge >= 0.3 is 0 Å². The Morgan fingerprint density at radius 1 is 0.733 bits per heavy atom. The summed E-state index contributed by atoms with van der Waals surface area (Å²) in [5, 5.41) is 9.57. The van der Waals surface area contributed by atoms with Crippen LogP contribution in [0, 0.1) is 0 Å². The summed E-state index contributed by atoms with van der Waals surface area (Å²) in [7, 11) is 0. The van der Waals surface area contributed by atoms with Crippen LogP contribution in [0.4, 0.5) is 0 Å². The maximum Gasteiger partial charge on any atom is 0.198 e. The summed E-state index contributed by atoms with van der Waals surface area (Å²) in [6, 6.07) is 0. The van der Waals surface area contributed by atoms with Crippen molar-refractivity contribution in [2.24, 2.45) is 4.99 Å². The van der Waals surface area contributed by atoms with E-state index in [1.54, 1.807) is 0 Å². The van der Waals surface area contributed by atoms with Crippen molar-refractivity contribution < 1.29 is 9.59 Å². The van der Waals surface area contributed by atoms with Crippen LogP contribution in [0.1, 0.15) is 122 Å². The molecule has 0 fully saturated rings. The van der Waals surface area contributed by atoms with E-state index in [9.17, 15) is 5.11 Å². The molecule has 0 saturated heterocycles. The van der Waals surface area contributed by atoms with Crippen LogP contribution in [0.25, 0.3) is 0 Å². The Bertz CT molecular complexity index is 416. The number of nitrogens with zero attached hydrogens (tertiary/aromatic N) is 2. The van der Waals surface area contributed by atoms with Gasteiger partial charge in [0.25, 0.3) is 0 Å². The second kappa shape index (κ2) is 19.6. The first-order valence-corrected chi connectivity index (χ1v) is 13.9. The highest BCUT2D eigenvalue weighted by Crippen LogP contribution is 2.22. The zero-order chi connectivity index (χ0) is 21.8. The van der Waals surface area contributed by atoms with Gasteiger partial charge in [-0.25, -0.2) is 4.99 Å². The summed E-state index contributed by atoms with van der Waals surface area (Å²) in [4.78, 5) is 4.83. The average Bonchev–Trinajstić information content (AvgIpc) is 3.13. The van der Waals surface area contributed by atoms with Gasteiger partial charge in [0.15, 0.2) is 5.84 Å². The molecule has 0 bridgehead atoms. The fourth-order valence-electron chi connectivity index (χ4n) is 4.91. The Hall–Kier alpha value is -0.120. The molecule has 0 aromatic carbocycles. The molecule has 0 saturated carbocycles. The maximum absolute atomic E-state index is 9.57. The molecule has 4 heteroatoms. The number of hydrogen-bond donors (Lipinski definition) is 1. The number of aliphatic imine (C=N–C) groups is 1. The van der Waals surface area contributed by atoms with Crippen molar-refractivity contribution in [3.63, 3.8) is 0 Å². The van der Waals surface area contributed by atoms with E-state index in [2.05, 4.69) is 6.92 Å². The first kappa shape index (κ1) is 27.9. The number of hydrogen-bond acceptors (Lipinski definition) is 2. The topological polar surface area (TPSA) is 32.6 Å². The lowest BCUT2D eigenvalue weighted by molar-refractivity contribution is -0.837. The Morgan fingerprint density at radius 2 is 1.27 bits per heavy atom. The highest BCUT2D eigenvalue weighted by molar-refractivity contribution is 6.17. The molecule has 1 atom stereocenters. The average molecular weight is 444 g/mol. The van der Waals surface area contributed by atoms with Gasteiger partial charge in [-0.15, -0.1) is 11.6 Å². The van der Waals surface area contributed by atoms with Crippen molar-refractivity contribution in [2.45, 2.75) is 122 Å². The predicted octanol–water partition coefficient (Wildman–Crippen LogP) is 7.49. The molecule has 178 valence electrons. The van der Waals surface area contributed by atoms with Gasteiger partial charge in [-0.1, -0.05) is 96.8 Å². The zero-order valence-corrected chi connectivity index (χ0v) is 20.9. The van der Waals surface area contributed by atoms with E-state index in [0.29, 0.717) is 0 Å². The van der Waals surface area contributed by atoms with Crippen LogP contribution in [0.5, 0.6) is 0 Å². The molecular weight excluding hydrogens is 392 g/mol. The van der Waals surface area contributed by atoms with Crippen molar-refractivity contribution >= 4 is 17.4 Å². The van der Waals surface area contributed by atoms with Gasteiger partial charge in [-0.2, -0.15) is 0 Å². The van der Waals surface area contributed by atoms with Crippen LogP contribution in [0.2, 0.25) is 0 Å². The second-order valence-corrected chi connectivity index (χ2v) is 9.81. The summed E-state index contributed by atoms with van der Waals surface area (Å²) >= 11 is 5.87. The van der Waals surface area contributed by atoms with Gasteiger partial charge in [0.05, 0.1) is 19.7 Å². The number of unbranched alkanes of at least 4 members (excludes halogenated alkanes) is 15. The number of quaternary nitrogens is 1. The largest absolute Gasteiger partial charge is 0.390 e. The molecule has 1 unspecified atom stereocenters. The minimum absolute atomic E-state index is 0.263. The Labute approximate surface area is 193 Å². The summed E-state index contributed by atoms with van der Waals surface area (Å²) in [5.41, 5.74) is 0. The third-order valence-electron chi connectivity index (χ3n) is 6.87. The standard InChI is InChI=1S/C26H52ClN2O/c1-2-3-4-5-6-7-8-9-10-11-12-13-14-15-16-19-26-28-21-23-29(26,24-25-30)22-18-17-20-27/h30H,2-25H2,1H3/q+1. The van der Waals surface area contributed by atoms with E-state index >= 15 is 0 Å². The lowest BCUT2D eigenvalue weighted by atomic mass is 10.0. The molecule has 1 aliphatic rings. The molecule has 0 aliphatic carbocycles. The highest BCUT2D eigenvalue weighted by atomic mass is 35.5. The number of rotatable bonds is 22. The highest BCUT2D eigenvalue weighted by Gasteiger charge is 2.36. The van der Waals surface area contributed by atoms with E-state index in [0.717, 1.165) is 55.8 Å². The van der Waals surface area contributed by atoms with Crippen molar-refractivity contribution in [1.29, 1.82) is 0 Å². The van der Waals surface area contributed by atoms with Crippen LogP contribution < -0.4 is 0 Å². The molecular formula is C26H52ClN2O+. The first-order chi connectivity index (χ1) is 14.8. The molecule has 1 N–H and O–H groups in total. The summed E-state index contributed by atoms with van der Waals surface area (Å²) in [6.45, 7) is 6.51. The maximum atomic E-state index is 9.57. The van der Waals surface area contributed by atoms with Crippen LogP contribution >= 0.6 is 11.6 Å². The molecule has 3 nitrogen and oxygen atoms in total. The second-order valence-electron chi connectivity index (χ2n) is 9.43. The molecule has 1 aliphatic heterocycles. The van der Waals surface area contributed by atoms with Crippen LogP contribution in [0.15, 0.2) is 4.99 Å². The number of amidine groups is 1. The molecule has 1 rings (SSSR count). The number of alkyl halides is 1. The molecule has 0 radical (unpaired) electrons. The van der Waals surface area contributed by atoms with Crippen LogP contribution in [-0.2, 0) is 0 Å². The Balaban J connectivity index is 1.99. The van der Waals surface area contributed by atoms with E-state index in [-0.39, 0.29) is 6.61 Å². The summed E-state index contributed by atoms with van der Waals surface area (Å²) in [6.07, 6.45) is 24.5. The molecule has 1 heterocycles. The molecule has 0 amide bonds. The Kier molecular flexibility index (Phi) is 18.2. The van der Waals surface area contributed by atoms with E-state index in [1.165, 1.54) is 102 Å². The quantitative estimate of drug-likeness (QED) is 0.105. The Morgan fingerprint density at radius 3 is 1.77 bits per heavy atom. The van der Waals surface area contributed by atoms with Gasteiger partial charge in [-0.05, 0) is 19.3 Å². The van der Waals surface area contributed by atoms with Crippen molar-refractivity contribution in [2.75, 3.05) is 38.7 Å². The van der Waals surface area contributed by atoms with Gasteiger partial charge in [0, 0.05) is 12.3 Å². The number of halogens is 1. The predicted molar refractivity (Wildman–Crippen MR) is 134 cm³/mol. The minimum atomic E-state index is 0.263. The van der Waals surface area contributed by atoms with Gasteiger partial charge in [0.2, 0.25) is 0 Å². The number of aliphatic hydroxyl groups is 1. The number of aliphatic hydroxyl groups excluding tert-OH is 1. The SMILES string of the molecule is CCCCCCCCCCCCCCCCCC1=NCC[N+]1(CCO)CCCCCl. The van der Waals surface area contributed by atoms with E-state index in [1.807, 2.05) is 0 Å². The smallest absolute Gasteiger partial charge is 0.198 e. The summed E-state index contributed by atoms with van der Waals surface area (Å²) in [5.74, 6) is 2.10. The van der Waals surface area contributed by atoms with Crippen LogP contribution in [-0.4, -0.2) is 54.1 Å². The minimum Gasteiger partial charge on any atom is -0.390 e. The monoisotopic (exact) mass is 443 g/mol. The van der Waals surface area contributed by atoms with E-state index < -0.39 is 0 Å². The van der Waals surface area contributed by atoms with Crippen molar-refractivity contribution in [3.8, 4) is 0 Å². The van der Waals surface area contributed by atoms with E-state index in [4.69, 9.17) is 16.6 Å². The first-order valence-electron chi connectivity index (χ1n) is 13.4. The van der Waals surface area contributed by atoms with Crippen molar-refractivity contribution in [1.82, 2.24) is 0 Å². The van der Waals surface area contributed by atoms with Crippen molar-refractivity contribution in [3.05, 3.63) is 0 Å². The lowest BCUT2D eigenvalue weighted by Gasteiger charge is -2.34. The zero-order valence-electron chi connectivity index (χ0n) is 20.2. The fourth-order valence-corrected chi connectivity index (χ4v) is 5.10. The molecule has 0 aromatic rings. The summed E-state index contributed by atoms with van der Waals surface area (Å²) < 4.78 is 0.937. The fraction of sp³-hybridized carbons (Fsp3) is 0.962. The van der Waals surface area contributed by atoms with Crippen LogP contribution in [0.3, 0.4) is 0 Å². The molecule has 0 aromatic heterocycles. The van der Waals surface area contributed by atoms with Gasteiger partial charge < -0.3 is 5.11 Å². The van der Waals surface area contributed by atoms with Gasteiger partial charge in [0.1, 0.15) is 13.1 Å². The normalized spacial score (nSPS) is 18.8.